The van der Waals surface area contributed by atoms with Crippen molar-refractivity contribution >= 4 is 11.6 Å². The van der Waals surface area contributed by atoms with Gasteiger partial charge in [-0.25, -0.2) is 0 Å². The van der Waals surface area contributed by atoms with Crippen molar-refractivity contribution in [2.75, 3.05) is 0 Å². The van der Waals surface area contributed by atoms with E-state index in [1.54, 1.807) is 0 Å². The van der Waals surface area contributed by atoms with E-state index in [2.05, 4.69) is 26.0 Å². The minimum absolute atomic E-state index is 0.260. The minimum Gasteiger partial charge on any atom is -0.328 e. The van der Waals surface area contributed by atoms with Gasteiger partial charge in [0.05, 0.1) is 0 Å². The first-order valence-corrected chi connectivity index (χ1v) is 5.52. The normalized spacial score (nSPS) is 15.1. The van der Waals surface area contributed by atoms with Crippen LogP contribution >= 0.6 is 11.6 Å². The molecule has 0 aliphatic heterocycles. The molecule has 0 radical (unpaired) electrons. The van der Waals surface area contributed by atoms with E-state index in [1.807, 2.05) is 12.1 Å². The van der Waals surface area contributed by atoms with Crippen molar-refractivity contribution in [3.05, 3.63) is 34.9 Å². The molecule has 1 rings (SSSR count). The maximum atomic E-state index is 5.84. The number of nitrogens with two attached hydrogens (primary N) is 1. The van der Waals surface area contributed by atoms with Gasteiger partial charge in [-0.1, -0.05) is 30.7 Å². The Morgan fingerprint density at radius 1 is 1.29 bits per heavy atom. The lowest BCUT2D eigenvalue weighted by Gasteiger charge is -2.17. The molecule has 0 heterocycles. The average Bonchev–Trinajstić information content (AvgIpc) is 2.15. The van der Waals surface area contributed by atoms with Crippen LogP contribution in [0.15, 0.2) is 24.3 Å². The lowest BCUT2D eigenvalue weighted by molar-refractivity contribution is 0.540. The van der Waals surface area contributed by atoms with Crippen molar-refractivity contribution < 1.29 is 0 Å². The van der Waals surface area contributed by atoms with Gasteiger partial charge >= 0.3 is 0 Å². The zero-order valence-electron chi connectivity index (χ0n) is 8.83. The SMILES string of the molecule is CCC(C[C@H](C)N)c1ccc(Cl)cc1. The quantitative estimate of drug-likeness (QED) is 0.810. The molecule has 0 saturated carbocycles. The molecule has 2 atom stereocenters. The molecular weight excluding hydrogens is 194 g/mol. The lowest BCUT2D eigenvalue weighted by atomic mass is 9.91. The van der Waals surface area contributed by atoms with Gasteiger partial charge in [-0.05, 0) is 43.4 Å². The molecule has 0 fully saturated rings. The molecule has 2 N–H and O–H groups in total. The van der Waals surface area contributed by atoms with Crippen LogP contribution in [0.5, 0.6) is 0 Å². The van der Waals surface area contributed by atoms with E-state index in [9.17, 15) is 0 Å². The van der Waals surface area contributed by atoms with Crippen LogP contribution in [0.2, 0.25) is 5.02 Å². The maximum Gasteiger partial charge on any atom is 0.0406 e. The summed E-state index contributed by atoms with van der Waals surface area (Å²) in [5.74, 6) is 0.562. The van der Waals surface area contributed by atoms with Crippen LogP contribution in [0.3, 0.4) is 0 Å². The van der Waals surface area contributed by atoms with Crippen molar-refractivity contribution in [2.45, 2.75) is 38.6 Å². The molecule has 0 aromatic heterocycles. The second-order valence-corrected chi connectivity index (χ2v) is 4.31. The van der Waals surface area contributed by atoms with E-state index in [0.29, 0.717) is 5.92 Å². The summed E-state index contributed by atoms with van der Waals surface area (Å²) in [7, 11) is 0. The summed E-state index contributed by atoms with van der Waals surface area (Å²) in [4.78, 5) is 0. The Kier molecular flexibility index (Phi) is 4.43. The van der Waals surface area contributed by atoms with Crippen molar-refractivity contribution in [1.82, 2.24) is 0 Å². The zero-order valence-corrected chi connectivity index (χ0v) is 9.59. The molecule has 78 valence electrons. The minimum atomic E-state index is 0.260. The van der Waals surface area contributed by atoms with E-state index in [-0.39, 0.29) is 6.04 Å². The highest BCUT2D eigenvalue weighted by Crippen LogP contribution is 2.25. The van der Waals surface area contributed by atoms with Crippen molar-refractivity contribution in [2.24, 2.45) is 5.73 Å². The Labute approximate surface area is 91.3 Å². The summed E-state index contributed by atoms with van der Waals surface area (Å²) in [5, 5.41) is 0.796. The van der Waals surface area contributed by atoms with Gasteiger partial charge in [0.25, 0.3) is 0 Å². The van der Waals surface area contributed by atoms with E-state index >= 15 is 0 Å². The summed E-state index contributed by atoms with van der Waals surface area (Å²) in [6, 6.07) is 8.34. The Morgan fingerprint density at radius 2 is 1.86 bits per heavy atom. The van der Waals surface area contributed by atoms with Gasteiger partial charge < -0.3 is 5.73 Å². The molecule has 1 aromatic carbocycles. The Hall–Kier alpha value is -0.530. The number of hydrogen-bond donors (Lipinski definition) is 1. The fourth-order valence-electron chi connectivity index (χ4n) is 1.72. The lowest BCUT2D eigenvalue weighted by Crippen LogP contribution is -2.18. The van der Waals surface area contributed by atoms with Crippen LogP contribution in [-0.2, 0) is 0 Å². The molecule has 0 bridgehead atoms. The number of rotatable bonds is 4. The molecule has 0 amide bonds. The van der Waals surface area contributed by atoms with Crippen molar-refractivity contribution in [1.29, 1.82) is 0 Å². The average molecular weight is 212 g/mol. The number of benzene rings is 1. The third-order valence-electron chi connectivity index (χ3n) is 2.49. The summed E-state index contributed by atoms with van der Waals surface area (Å²) in [6.45, 7) is 4.25. The van der Waals surface area contributed by atoms with Crippen LogP contribution in [0.1, 0.15) is 38.2 Å². The zero-order chi connectivity index (χ0) is 10.6. The van der Waals surface area contributed by atoms with Crippen LogP contribution in [-0.4, -0.2) is 6.04 Å². The molecule has 0 saturated heterocycles. The molecule has 1 unspecified atom stereocenters. The molecule has 1 nitrogen and oxygen atoms in total. The topological polar surface area (TPSA) is 26.0 Å². The van der Waals surface area contributed by atoms with Crippen LogP contribution in [0.4, 0.5) is 0 Å². The van der Waals surface area contributed by atoms with Crippen LogP contribution in [0, 0.1) is 0 Å². The van der Waals surface area contributed by atoms with E-state index < -0.39 is 0 Å². The van der Waals surface area contributed by atoms with Gasteiger partial charge in [-0.2, -0.15) is 0 Å². The van der Waals surface area contributed by atoms with Gasteiger partial charge in [-0.3, -0.25) is 0 Å². The summed E-state index contributed by atoms with van der Waals surface area (Å²) in [6.07, 6.45) is 2.17. The maximum absolute atomic E-state index is 5.84. The third kappa shape index (κ3) is 3.32. The van der Waals surface area contributed by atoms with Gasteiger partial charge in [0, 0.05) is 11.1 Å². The first-order chi connectivity index (χ1) is 6.63. The van der Waals surface area contributed by atoms with Gasteiger partial charge in [0.1, 0.15) is 0 Å². The van der Waals surface area contributed by atoms with Crippen molar-refractivity contribution in [3.8, 4) is 0 Å². The van der Waals surface area contributed by atoms with Gasteiger partial charge in [0.15, 0.2) is 0 Å². The number of halogens is 1. The highest BCUT2D eigenvalue weighted by atomic mass is 35.5. The summed E-state index contributed by atoms with van der Waals surface area (Å²) >= 11 is 5.84. The largest absolute Gasteiger partial charge is 0.328 e. The first kappa shape index (κ1) is 11.5. The van der Waals surface area contributed by atoms with Crippen LogP contribution < -0.4 is 5.73 Å². The predicted octanol–water partition coefficient (Wildman–Crippen LogP) is 3.57. The highest BCUT2D eigenvalue weighted by Gasteiger charge is 2.10. The number of hydrogen-bond acceptors (Lipinski definition) is 1. The van der Waals surface area contributed by atoms with Crippen LogP contribution in [0.25, 0.3) is 0 Å². The van der Waals surface area contributed by atoms with Gasteiger partial charge in [0.2, 0.25) is 0 Å². The Morgan fingerprint density at radius 3 is 2.29 bits per heavy atom. The van der Waals surface area contributed by atoms with Crippen molar-refractivity contribution in [3.63, 3.8) is 0 Å². The third-order valence-corrected chi connectivity index (χ3v) is 2.74. The fourth-order valence-corrected chi connectivity index (χ4v) is 1.85. The second kappa shape index (κ2) is 5.38. The van der Waals surface area contributed by atoms with E-state index in [4.69, 9.17) is 17.3 Å². The predicted molar refractivity (Wildman–Crippen MR) is 62.8 cm³/mol. The van der Waals surface area contributed by atoms with E-state index in [1.165, 1.54) is 5.56 Å². The van der Waals surface area contributed by atoms with Gasteiger partial charge in [-0.15, -0.1) is 0 Å². The molecule has 0 aliphatic rings. The fraction of sp³-hybridized carbons (Fsp3) is 0.500. The standard InChI is InChI=1S/C12H18ClN/c1-3-10(8-9(2)14)11-4-6-12(13)7-5-11/h4-7,9-10H,3,8,14H2,1-2H3/t9-,10?/m0/s1. The monoisotopic (exact) mass is 211 g/mol. The molecule has 0 spiro atoms. The molecule has 2 heteroatoms. The molecular formula is C12H18ClN. The Balaban J connectivity index is 2.73. The molecule has 1 aromatic rings. The first-order valence-electron chi connectivity index (χ1n) is 5.14. The molecule has 0 aliphatic carbocycles. The smallest absolute Gasteiger partial charge is 0.0406 e. The van der Waals surface area contributed by atoms with E-state index in [0.717, 1.165) is 17.9 Å². The summed E-state index contributed by atoms with van der Waals surface area (Å²) in [5.41, 5.74) is 7.15. The summed E-state index contributed by atoms with van der Waals surface area (Å²) < 4.78 is 0. The second-order valence-electron chi connectivity index (χ2n) is 3.87. The Bertz CT molecular complexity index is 266. The highest BCUT2D eigenvalue weighted by molar-refractivity contribution is 6.30. The molecule has 14 heavy (non-hydrogen) atoms.